The number of nitrogens with zero attached hydrogens (tertiary/aromatic N) is 3. The van der Waals surface area contributed by atoms with Gasteiger partial charge in [0.25, 0.3) is 0 Å². The lowest BCUT2D eigenvalue weighted by atomic mass is 10.2. The zero-order valence-electron chi connectivity index (χ0n) is 9.80. The van der Waals surface area contributed by atoms with Crippen molar-refractivity contribution in [2.45, 2.75) is 10.8 Å². The molecular formula is C12H10BrN5S. The molecule has 0 radical (unpaired) electrons. The van der Waals surface area contributed by atoms with E-state index in [1.807, 2.05) is 18.2 Å². The molecule has 19 heavy (non-hydrogen) atoms. The maximum absolute atomic E-state index is 5.87. The number of hydrogen-bond acceptors (Lipinski definition) is 5. The summed E-state index contributed by atoms with van der Waals surface area (Å²) in [6.07, 6.45) is 3.15. The van der Waals surface area contributed by atoms with Crippen LogP contribution in [-0.2, 0) is 5.75 Å². The van der Waals surface area contributed by atoms with Gasteiger partial charge in [0, 0.05) is 15.9 Å². The molecule has 0 fully saturated rings. The number of rotatable bonds is 3. The molecule has 0 saturated carbocycles. The molecule has 2 aromatic heterocycles. The van der Waals surface area contributed by atoms with Crippen LogP contribution in [-0.4, -0.2) is 19.9 Å². The number of aromatic amines is 1. The lowest BCUT2D eigenvalue weighted by Crippen LogP contribution is -1.92. The number of benzene rings is 1. The Morgan fingerprint density at radius 2 is 2.16 bits per heavy atom. The second-order valence-corrected chi connectivity index (χ2v) is 5.65. The molecule has 0 aliphatic rings. The van der Waals surface area contributed by atoms with E-state index in [9.17, 15) is 0 Å². The number of fused-ring (bicyclic) bond motifs is 1. The summed E-state index contributed by atoms with van der Waals surface area (Å²) in [5.74, 6) is 0.775. The van der Waals surface area contributed by atoms with E-state index >= 15 is 0 Å². The number of imidazole rings is 1. The van der Waals surface area contributed by atoms with Crippen molar-refractivity contribution in [3.63, 3.8) is 0 Å². The van der Waals surface area contributed by atoms with Gasteiger partial charge in [-0.25, -0.2) is 15.0 Å². The average Bonchev–Trinajstić information content (AvgIpc) is 2.89. The van der Waals surface area contributed by atoms with E-state index in [2.05, 4.69) is 35.9 Å². The van der Waals surface area contributed by atoms with Crippen molar-refractivity contribution in [2.75, 3.05) is 5.73 Å². The van der Waals surface area contributed by atoms with Gasteiger partial charge in [-0.05, 0) is 27.6 Å². The molecule has 0 bridgehead atoms. The number of aromatic nitrogens is 4. The third kappa shape index (κ3) is 2.43. The molecule has 0 aliphatic heterocycles. The Morgan fingerprint density at radius 3 is 3.05 bits per heavy atom. The summed E-state index contributed by atoms with van der Waals surface area (Å²) in [5.41, 5.74) is 9.30. The maximum atomic E-state index is 5.87. The third-order valence-corrected chi connectivity index (χ3v) is 4.67. The van der Waals surface area contributed by atoms with Gasteiger partial charge in [-0.15, -0.1) is 0 Å². The molecule has 0 unspecified atom stereocenters. The van der Waals surface area contributed by atoms with Crippen molar-refractivity contribution in [1.29, 1.82) is 0 Å². The summed E-state index contributed by atoms with van der Waals surface area (Å²) < 4.78 is 0.942. The first-order valence-corrected chi connectivity index (χ1v) is 7.33. The Bertz CT molecular complexity index is 727. The Labute approximate surface area is 122 Å². The van der Waals surface area contributed by atoms with Gasteiger partial charge >= 0.3 is 0 Å². The van der Waals surface area contributed by atoms with Gasteiger partial charge in [0.1, 0.15) is 16.9 Å². The van der Waals surface area contributed by atoms with Crippen LogP contribution >= 0.6 is 27.7 Å². The summed E-state index contributed by atoms with van der Waals surface area (Å²) >= 11 is 5.13. The van der Waals surface area contributed by atoms with Crippen LogP contribution < -0.4 is 5.73 Å². The first kappa shape index (κ1) is 12.4. The van der Waals surface area contributed by atoms with E-state index in [1.165, 1.54) is 6.33 Å². The van der Waals surface area contributed by atoms with Crippen molar-refractivity contribution in [3.05, 3.63) is 40.9 Å². The summed E-state index contributed by atoms with van der Waals surface area (Å²) in [6, 6.07) is 5.86. The number of thioether (sulfide) groups is 1. The van der Waals surface area contributed by atoms with E-state index in [1.54, 1.807) is 18.1 Å². The van der Waals surface area contributed by atoms with Crippen LogP contribution in [0.4, 0.5) is 5.69 Å². The highest BCUT2D eigenvalue weighted by atomic mass is 79.9. The minimum Gasteiger partial charge on any atom is -0.398 e. The highest BCUT2D eigenvalue weighted by Crippen LogP contribution is 2.31. The summed E-state index contributed by atoms with van der Waals surface area (Å²) in [7, 11) is 0. The number of H-pyrrole nitrogens is 1. The van der Waals surface area contributed by atoms with E-state index < -0.39 is 0 Å². The van der Waals surface area contributed by atoms with Crippen molar-refractivity contribution in [3.8, 4) is 0 Å². The van der Waals surface area contributed by atoms with Crippen LogP contribution in [0, 0.1) is 0 Å². The average molecular weight is 336 g/mol. The minimum absolute atomic E-state index is 0.684. The third-order valence-electron chi connectivity index (χ3n) is 2.66. The lowest BCUT2D eigenvalue weighted by molar-refractivity contribution is 1.08. The predicted octanol–water partition coefficient (Wildman–Crippen LogP) is 2.99. The summed E-state index contributed by atoms with van der Waals surface area (Å²) in [4.78, 5) is 15.5. The van der Waals surface area contributed by atoms with Crippen LogP contribution in [0.1, 0.15) is 5.56 Å². The van der Waals surface area contributed by atoms with Crippen LogP contribution in [0.25, 0.3) is 11.2 Å². The fourth-order valence-corrected chi connectivity index (χ4v) is 3.25. The number of nitrogens with two attached hydrogens (primary N) is 1. The molecule has 0 spiro atoms. The number of nitrogen functional groups attached to an aromatic ring is 1. The van der Waals surface area contributed by atoms with Gasteiger partial charge in [-0.2, -0.15) is 0 Å². The number of anilines is 1. The van der Waals surface area contributed by atoms with E-state index in [0.29, 0.717) is 5.65 Å². The first-order chi connectivity index (χ1) is 9.25. The topological polar surface area (TPSA) is 80.5 Å². The maximum Gasteiger partial charge on any atom is 0.181 e. The van der Waals surface area contributed by atoms with E-state index in [4.69, 9.17) is 5.73 Å². The Balaban J connectivity index is 1.86. The zero-order valence-corrected chi connectivity index (χ0v) is 12.2. The Hall–Kier alpha value is -1.60. The lowest BCUT2D eigenvalue weighted by Gasteiger charge is -2.06. The molecule has 7 heteroatoms. The van der Waals surface area contributed by atoms with Gasteiger partial charge < -0.3 is 10.7 Å². The fraction of sp³-hybridized carbons (Fsp3) is 0.0833. The van der Waals surface area contributed by atoms with Crippen molar-refractivity contribution in [1.82, 2.24) is 19.9 Å². The molecule has 96 valence electrons. The Kier molecular flexibility index (Phi) is 3.39. The van der Waals surface area contributed by atoms with E-state index in [0.717, 1.165) is 32.0 Å². The summed E-state index contributed by atoms with van der Waals surface area (Å²) in [5, 5.41) is 0.886. The standard InChI is InChI=1S/C12H10BrN5S/c13-9-7(2-1-3-8(9)14)4-19-12-10-11(16-5-15-10)17-6-18-12/h1-3,5-6H,4,14H2,(H,15,16,17,18). The normalized spacial score (nSPS) is 11.0. The van der Waals surface area contributed by atoms with Gasteiger partial charge in [-0.3, -0.25) is 0 Å². The van der Waals surface area contributed by atoms with E-state index in [-0.39, 0.29) is 0 Å². The second kappa shape index (κ2) is 5.18. The first-order valence-electron chi connectivity index (χ1n) is 5.55. The molecule has 3 rings (SSSR count). The van der Waals surface area contributed by atoms with Crippen molar-refractivity contribution in [2.24, 2.45) is 0 Å². The predicted molar refractivity (Wildman–Crippen MR) is 79.8 cm³/mol. The quantitative estimate of drug-likeness (QED) is 0.437. The highest BCUT2D eigenvalue weighted by molar-refractivity contribution is 9.10. The van der Waals surface area contributed by atoms with Crippen LogP contribution in [0.2, 0.25) is 0 Å². The monoisotopic (exact) mass is 335 g/mol. The SMILES string of the molecule is Nc1cccc(CSc2ncnc3nc[nH]c23)c1Br. The number of hydrogen-bond donors (Lipinski definition) is 2. The molecular weight excluding hydrogens is 326 g/mol. The molecule has 2 heterocycles. The molecule has 1 aromatic carbocycles. The molecule has 0 atom stereocenters. The van der Waals surface area contributed by atoms with Gasteiger partial charge in [0.2, 0.25) is 0 Å². The zero-order chi connectivity index (χ0) is 13.2. The fourth-order valence-electron chi connectivity index (χ4n) is 1.71. The van der Waals surface area contributed by atoms with Gasteiger partial charge in [0.15, 0.2) is 5.65 Å². The highest BCUT2D eigenvalue weighted by Gasteiger charge is 2.08. The summed E-state index contributed by atoms with van der Waals surface area (Å²) in [6.45, 7) is 0. The van der Waals surface area contributed by atoms with Gasteiger partial charge in [-0.1, -0.05) is 23.9 Å². The van der Waals surface area contributed by atoms with Gasteiger partial charge in [0.05, 0.1) is 6.33 Å². The largest absolute Gasteiger partial charge is 0.398 e. The molecule has 0 aliphatic carbocycles. The molecule has 0 saturated heterocycles. The number of halogens is 1. The second-order valence-electron chi connectivity index (χ2n) is 3.89. The van der Waals surface area contributed by atoms with Crippen LogP contribution in [0.3, 0.4) is 0 Å². The molecule has 0 amide bonds. The minimum atomic E-state index is 0.684. The van der Waals surface area contributed by atoms with Crippen molar-refractivity contribution >= 4 is 44.5 Å². The smallest absolute Gasteiger partial charge is 0.181 e. The van der Waals surface area contributed by atoms with Crippen LogP contribution in [0.5, 0.6) is 0 Å². The molecule has 5 nitrogen and oxygen atoms in total. The van der Waals surface area contributed by atoms with Crippen LogP contribution in [0.15, 0.2) is 40.4 Å². The van der Waals surface area contributed by atoms with Crippen molar-refractivity contribution < 1.29 is 0 Å². The molecule has 3 aromatic rings. The molecule has 3 N–H and O–H groups in total. The Morgan fingerprint density at radius 1 is 1.26 bits per heavy atom. The number of nitrogens with one attached hydrogen (secondary N) is 1.